The lowest BCUT2D eigenvalue weighted by Crippen LogP contribution is -2.56. The Bertz CT molecular complexity index is 799. The van der Waals surface area contributed by atoms with Crippen molar-refractivity contribution in [2.75, 3.05) is 39.3 Å². The molecule has 8 heteroatoms. The third kappa shape index (κ3) is 4.70. The molecule has 0 spiro atoms. The van der Waals surface area contributed by atoms with Gasteiger partial charge in [0, 0.05) is 44.3 Å². The number of hydrogen-bond donors (Lipinski definition) is 0. The van der Waals surface area contributed by atoms with Gasteiger partial charge in [-0.25, -0.2) is 8.42 Å². The van der Waals surface area contributed by atoms with E-state index in [1.54, 1.807) is 18.2 Å². The molecule has 3 rings (SSSR count). The molecule has 2 heterocycles. The van der Waals surface area contributed by atoms with Crippen molar-refractivity contribution >= 4 is 27.5 Å². The third-order valence-corrected chi connectivity index (χ3v) is 7.92. The number of sulfonamides is 1. The van der Waals surface area contributed by atoms with Gasteiger partial charge in [0.2, 0.25) is 15.9 Å². The Balaban J connectivity index is 1.61. The first-order valence-electron chi connectivity index (χ1n) is 9.97. The minimum Gasteiger partial charge on any atom is -0.341 e. The molecule has 0 aliphatic carbocycles. The monoisotopic (exact) mass is 427 g/mol. The first-order valence-corrected chi connectivity index (χ1v) is 11.8. The van der Waals surface area contributed by atoms with Crippen molar-refractivity contribution in [3.8, 4) is 0 Å². The third-order valence-electron chi connectivity index (χ3n) is 5.79. The van der Waals surface area contributed by atoms with Gasteiger partial charge in [0.15, 0.2) is 0 Å². The molecule has 1 aromatic rings. The number of hydrogen-bond acceptors (Lipinski definition) is 4. The van der Waals surface area contributed by atoms with Crippen molar-refractivity contribution in [1.82, 2.24) is 14.1 Å². The Kier molecular flexibility index (Phi) is 6.69. The van der Waals surface area contributed by atoms with Gasteiger partial charge >= 0.3 is 0 Å². The van der Waals surface area contributed by atoms with Crippen LogP contribution in [0, 0.1) is 11.8 Å². The Morgan fingerprint density at radius 1 is 1.11 bits per heavy atom. The summed E-state index contributed by atoms with van der Waals surface area (Å²) in [5.41, 5.74) is 0. The number of halogens is 1. The second kappa shape index (κ2) is 8.69. The van der Waals surface area contributed by atoms with Crippen LogP contribution >= 0.6 is 11.6 Å². The number of likely N-dealkylation sites (tertiary alicyclic amines) is 1. The molecule has 0 bridgehead atoms. The van der Waals surface area contributed by atoms with E-state index in [0.29, 0.717) is 43.0 Å². The van der Waals surface area contributed by atoms with E-state index < -0.39 is 10.0 Å². The number of piperazine rings is 1. The summed E-state index contributed by atoms with van der Waals surface area (Å²) in [4.78, 5) is 17.3. The highest BCUT2D eigenvalue weighted by Crippen LogP contribution is 2.24. The number of amides is 1. The summed E-state index contributed by atoms with van der Waals surface area (Å²) in [6, 6.07) is 6.13. The first kappa shape index (κ1) is 21.6. The molecular formula is C20H30ClN3O3S. The second-order valence-electron chi connectivity index (χ2n) is 8.26. The minimum atomic E-state index is -3.56. The summed E-state index contributed by atoms with van der Waals surface area (Å²) in [7, 11) is -3.56. The van der Waals surface area contributed by atoms with Crippen LogP contribution in [0.3, 0.4) is 0 Å². The molecule has 2 fully saturated rings. The van der Waals surface area contributed by atoms with E-state index in [1.807, 2.05) is 11.8 Å². The molecule has 0 saturated carbocycles. The van der Waals surface area contributed by atoms with Crippen LogP contribution < -0.4 is 0 Å². The molecular weight excluding hydrogens is 398 g/mol. The number of benzene rings is 1. The van der Waals surface area contributed by atoms with Gasteiger partial charge in [0.05, 0.1) is 10.9 Å². The normalized spacial score (nSPS) is 26.2. The Morgan fingerprint density at radius 3 is 2.29 bits per heavy atom. The number of carbonyl (C=O) groups excluding carboxylic acids is 1. The Hall–Kier alpha value is -1.15. The van der Waals surface area contributed by atoms with E-state index in [1.165, 1.54) is 10.4 Å². The number of nitrogens with zero attached hydrogens (tertiary/aromatic N) is 3. The maximum Gasteiger partial charge on any atom is 0.243 e. The maximum atomic E-state index is 13.0. The van der Waals surface area contributed by atoms with Crippen LogP contribution in [0.1, 0.15) is 27.2 Å². The molecule has 0 radical (unpaired) electrons. The van der Waals surface area contributed by atoms with Crippen LogP contribution in [-0.4, -0.2) is 73.7 Å². The summed E-state index contributed by atoms with van der Waals surface area (Å²) < 4.78 is 27.2. The molecule has 0 aromatic heterocycles. The van der Waals surface area contributed by atoms with E-state index >= 15 is 0 Å². The quantitative estimate of drug-likeness (QED) is 0.740. The molecule has 2 aliphatic heterocycles. The summed E-state index contributed by atoms with van der Waals surface area (Å²) in [6.07, 6.45) is 1.16. The fraction of sp³-hybridized carbons (Fsp3) is 0.650. The lowest BCUT2D eigenvalue weighted by molar-refractivity contribution is -0.139. The van der Waals surface area contributed by atoms with Gasteiger partial charge in [0.1, 0.15) is 0 Å². The largest absolute Gasteiger partial charge is 0.341 e. The molecule has 1 amide bonds. The standard InChI is InChI=1S/C20H30ClN3O3S/c1-15-11-16(2)14-23(13-15)20(25)17(3)22-7-9-24(10-8-22)28(26,27)19-6-4-5-18(21)12-19/h4-6,12,15-17H,7-11,13-14H2,1-3H3/t15-,16+,17-/m1/s1. The van der Waals surface area contributed by atoms with E-state index in [4.69, 9.17) is 11.6 Å². The minimum absolute atomic E-state index is 0.157. The molecule has 2 saturated heterocycles. The number of piperidine rings is 1. The van der Waals surface area contributed by atoms with Crippen molar-refractivity contribution < 1.29 is 13.2 Å². The average Bonchev–Trinajstić information content (AvgIpc) is 2.66. The van der Waals surface area contributed by atoms with Gasteiger partial charge < -0.3 is 4.90 Å². The molecule has 156 valence electrons. The molecule has 6 nitrogen and oxygen atoms in total. The van der Waals surface area contributed by atoms with Gasteiger partial charge in [-0.2, -0.15) is 4.31 Å². The van der Waals surface area contributed by atoms with E-state index in [9.17, 15) is 13.2 Å². The van der Waals surface area contributed by atoms with Crippen LogP contribution in [0.15, 0.2) is 29.2 Å². The summed E-state index contributed by atoms with van der Waals surface area (Å²) in [5, 5.41) is 0.406. The van der Waals surface area contributed by atoms with Gasteiger partial charge in [0.25, 0.3) is 0 Å². The Morgan fingerprint density at radius 2 is 1.71 bits per heavy atom. The Labute approximate surface area is 173 Å². The summed E-state index contributed by atoms with van der Waals surface area (Å²) in [6.45, 7) is 9.80. The highest BCUT2D eigenvalue weighted by molar-refractivity contribution is 7.89. The lowest BCUT2D eigenvalue weighted by Gasteiger charge is -2.41. The van der Waals surface area contributed by atoms with Crippen molar-refractivity contribution in [1.29, 1.82) is 0 Å². The zero-order valence-electron chi connectivity index (χ0n) is 16.8. The molecule has 28 heavy (non-hydrogen) atoms. The van der Waals surface area contributed by atoms with E-state index in [0.717, 1.165) is 19.5 Å². The highest BCUT2D eigenvalue weighted by Gasteiger charge is 2.34. The summed E-state index contributed by atoms with van der Waals surface area (Å²) in [5.74, 6) is 1.21. The van der Waals surface area contributed by atoms with Crippen molar-refractivity contribution in [2.45, 2.75) is 38.1 Å². The topological polar surface area (TPSA) is 60.9 Å². The number of carbonyl (C=O) groups is 1. The van der Waals surface area contributed by atoms with Gasteiger partial charge in [-0.05, 0) is 43.4 Å². The number of rotatable bonds is 4. The fourth-order valence-corrected chi connectivity index (χ4v) is 6.09. The van der Waals surface area contributed by atoms with Gasteiger partial charge in [-0.3, -0.25) is 9.69 Å². The van der Waals surface area contributed by atoms with E-state index in [2.05, 4.69) is 18.7 Å². The zero-order valence-corrected chi connectivity index (χ0v) is 18.4. The van der Waals surface area contributed by atoms with Gasteiger partial charge in [-0.1, -0.05) is 31.5 Å². The van der Waals surface area contributed by atoms with Crippen LogP contribution in [0.25, 0.3) is 0 Å². The molecule has 0 N–H and O–H groups in total. The van der Waals surface area contributed by atoms with Crippen molar-refractivity contribution in [3.05, 3.63) is 29.3 Å². The summed E-state index contributed by atoms with van der Waals surface area (Å²) >= 11 is 5.95. The average molecular weight is 428 g/mol. The molecule has 0 unspecified atom stereocenters. The SMILES string of the molecule is C[C@@H]1C[C@H](C)CN(C(=O)[C@@H](C)N2CCN(S(=O)(=O)c3cccc(Cl)c3)CC2)C1. The van der Waals surface area contributed by atoms with Gasteiger partial charge in [-0.15, -0.1) is 0 Å². The molecule has 3 atom stereocenters. The predicted octanol–water partition coefficient (Wildman–Crippen LogP) is 2.54. The molecule has 1 aromatic carbocycles. The lowest BCUT2D eigenvalue weighted by atomic mass is 9.91. The van der Waals surface area contributed by atoms with E-state index in [-0.39, 0.29) is 16.8 Å². The highest BCUT2D eigenvalue weighted by atomic mass is 35.5. The van der Waals surface area contributed by atoms with Crippen LogP contribution in [0.5, 0.6) is 0 Å². The fourth-order valence-electron chi connectivity index (χ4n) is 4.37. The van der Waals surface area contributed by atoms with Crippen molar-refractivity contribution in [2.24, 2.45) is 11.8 Å². The second-order valence-corrected chi connectivity index (χ2v) is 10.6. The van der Waals surface area contributed by atoms with Crippen LogP contribution in [0.4, 0.5) is 0 Å². The first-order chi connectivity index (χ1) is 13.2. The van der Waals surface area contributed by atoms with Crippen LogP contribution in [-0.2, 0) is 14.8 Å². The maximum absolute atomic E-state index is 13.0. The van der Waals surface area contributed by atoms with Crippen molar-refractivity contribution in [3.63, 3.8) is 0 Å². The zero-order chi connectivity index (χ0) is 20.5. The van der Waals surface area contributed by atoms with Crippen LogP contribution in [0.2, 0.25) is 5.02 Å². The predicted molar refractivity (Wildman–Crippen MR) is 111 cm³/mol. The molecule has 2 aliphatic rings. The smallest absolute Gasteiger partial charge is 0.243 e.